The number of esters is 1. The summed E-state index contributed by atoms with van der Waals surface area (Å²) in [5, 5.41) is 13.6. The highest BCUT2D eigenvalue weighted by Gasteiger charge is 2.18. The van der Waals surface area contributed by atoms with Crippen molar-refractivity contribution in [2.24, 2.45) is 0 Å². The number of carbonyl (C=O) groups is 2. The van der Waals surface area contributed by atoms with Gasteiger partial charge in [-0.25, -0.2) is 4.79 Å². The highest BCUT2D eigenvalue weighted by atomic mass is 79.9. The number of nitrogens with one attached hydrogen (secondary N) is 1. The molecule has 1 unspecified atom stereocenters. The molecule has 0 fully saturated rings. The lowest BCUT2D eigenvalue weighted by Crippen LogP contribution is -2.31. The number of benzene rings is 2. The summed E-state index contributed by atoms with van der Waals surface area (Å²) >= 11 is 3.03. The molecule has 1 amide bonds. The molecular weight excluding hydrogens is 392 g/mol. The zero-order chi connectivity index (χ0) is 18.4. The Kier molecular flexibility index (Phi) is 6.24. The predicted molar refractivity (Wildman–Crippen MR) is 94.1 cm³/mol. The Labute approximate surface area is 152 Å². The van der Waals surface area contributed by atoms with E-state index in [2.05, 4.69) is 21.2 Å². The standard InChI is InChI=1S/C17H15BrN2O5/c1-11(12-5-3-2-4-6-12)19-16(21)10-25-17(22)13-7-8-14(18)15(9-13)20(23)24/h2-9,11H,10H2,1H3,(H,19,21). The second-order valence-corrected chi connectivity index (χ2v) is 6.05. The fraction of sp³-hybridized carbons (Fsp3) is 0.176. The molecule has 0 heterocycles. The van der Waals surface area contributed by atoms with Crippen molar-refractivity contribution in [2.75, 3.05) is 6.61 Å². The van der Waals surface area contributed by atoms with Gasteiger partial charge in [0, 0.05) is 6.07 Å². The first-order chi connectivity index (χ1) is 11.9. The van der Waals surface area contributed by atoms with Crippen molar-refractivity contribution in [3.63, 3.8) is 0 Å². The van der Waals surface area contributed by atoms with Crippen LogP contribution in [0.2, 0.25) is 0 Å². The van der Waals surface area contributed by atoms with Crippen molar-refractivity contribution in [1.29, 1.82) is 0 Å². The van der Waals surface area contributed by atoms with Crippen LogP contribution < -0.4 is 5.32 Å². The maximum absolute atomic E-state index is 12.0. The van der Waals surface area contributed by atoms with Gasteiger partial charge in [0.15, 0.2) is 6.61 Å². The lowest BCUT2D eigenvalue weighted by molar-refractivity contribution is -0.385. The van der Waals surface area contributed by atoms with Gasteiger partial charge in [0.2, 0.25) is 0 Å². The summed E-state index contributed by atoms with van der Waals surface area (Å²) in [6, 6.07) is 13.0. The average molecular weight is 407 g/mol. The lowest BCUT2D eigenvalue weighted by atomic mass is 10.1. The molecule has 130 valence electrons. The molecule has 0 saturated heterocycles. The molecule has 1 N–H and O–H groups in total. The summed E-state index contributed by atoms with van der Waals surface area (Å²) in [5.41, 5.74) is 0.668. The molecule has 8 heteroatoms. The summed E-state index contributed by atoms with van der Waals surface area (Å²) in [7, 11) is 0. The van der Waals surface area contributed by atoms with Gasteiger partial charge in [-0.1, -0.05) is 30.3 Å². The number of carbonyl (C=O) groups excluding carboxylic acids is 2. The zero-order valence-corrected chi connectivity index (χ0v) is 14.9. The molecular formula is C17H15BrN2O5. The van der Waals surface area contributed by atoms with Crippen LogP contribution in [0.15, 0.2) is 53.0 Å². The monoisotopic (exact) mass is 406 g/mol. The Hall–Kier alpha value is -2.74. The van der Waals surface area contributed by atoms with Gasteiger partial charge in [0.1, 0.15) is 0 Å². The lowest BCUT2D eigenvalue weighted by Gasteiger charge is -2.14. The third-order valence-corrected chi connectivity index (χ3v) is 4.06. The van der Waals surface area contributed by atoms with Crippen LogP contribution in [0, 0.1) is 10.1 Å². The van der Waals surface area contributed by atoms with Gasteiger partial charge in [-0.3, -0.25) is 14.9 Å². The largest absolute Gasteiger partial charge is 0.452 e. The summed E-state index contributed by atoms with van der Waals surface area (Å²) in [4.78, 5) is 34.1. The number of halogens is 1. The van der Waals surface area contributed by atoms with Crippen LogP contribution in [-0.4, -0.2) is 23.4 Å². The Morgan fingerprint density at radius 1 is 1.24 bits per heavy atom. The van der Waals surface area contributed by atoms with Crippen LogP contribution in [0.4, 0.5) is 5.69 Å². The fourth-order valence-corrected chi connectivity index (χ4v) is 2.49. The van der Waals surface area contributed by atoms with Gasteiger partial charge in [-0.2, -0.15) is 0 Å². The minimum Gasteiger partial charge on any atom is -0.452 e. The van der Waals surface area contributed by atoms with Crippen molar-refractivity contribution in [2.45, 2.75) is 13.0 Å². The third-order valence-electron chi connectivity index (χ3n) is 3.39. The number of rotatable bonds is 6. The zero-order valence-electron chi connectivity index (χ0n) is 13.3. The quantitative estimate of drug-likeness (QED) is 0.450. The molecule has 0 aliphatic heterocycles. The van der Waals surface area contributed by atoms with E-state index in [0.717, 1.165) is 11.6 Å². The molecule has 2 rings (SSSR count). The summed E-state index contributed by atoms with van der Waals surface area (Å²) < 4.78 is 5.17. The van der Waals surface area contributed by atoms with Gasteiger partial charge in [-0.15, -0.1) is 0 Å². The topological polar surface area (TPSA) is 98.5 Å². The number of ether oxygens (including phenoxy) is 1. The Morgan fingerprint density at radius 2 is 1.92 bits per heavy atom. The van der Waals surface area contributed by atoms with E-state index < -0.39 is 23.4 Å². The van der Waals surface area contributed by atoms with Crippen molar-refractivity contribution < 1.29 is 19.2 Å². The van der Waals surface area contributed by atoms with Crippen LogP contribution in [0.25, 0.3) is 0 Å². The first kappa shape index (κ1) is 18.6. The van der Waals surface area contributed by atoms with Crippen molar-refractivity contribution in [3.05, 3.63) is 74.2 Å². The predicted octanol–water partition coefficient (Wildman–Crippen LogP) is 3.39. The Morgan fingerprint density at radius 3 is 2.56 bits per heavy atom. The number of nitro benzene ring substituents is 1. The molecule has 1 atom stereocenters. The molecule has 0 aliphatic rings. The van der Waals surface area contributed by atoms with Crippen LogP contribution in [0.3, 0.4) is 0 Å². The second-order valence-electron chi connectivity index (χ2n) is 5.20. The number of amides is 1. The van der Waals surface area contributed by atoms with E-state index in [9.17, 15) is 19.7 Å². The van der Waals surface area contributed by atoms with Crippen LogP contribution in [0.5, 0.6) is 0 Å². The SMILES string of the molecule is CC(NC(=O)COC(=O)c1ccc(Br)c([N+](=O)[O-])c1)c1ccccc1. The molecule has 0 spiro atoms. The second kappa shape index (κ2) is 8.39. The van der Waals surface area contributed by atoms with Gasteiger partial charge >= 0.3 is 5.97 Å². The first-order valence-electron chi connectivity index (χ1n) is 7.34. The summed E-state index contributed by atoms with van der Waals surface area (Å²) in [5.74, 6) is -1.27. The van der Waals surface area contributed by atoms with E-state index in [-0.39, 0.29) is 21.8 Å². The minimum atomic E-state index is -0.807. The smallest absolute Gasteiger partial charge is 0.338 e. The number of nitro groups is 1. The number of nitrogens with zero attached hydrogens (tertiary/aromatic N) is 1. The van der Waals surface area contributed by atoms with Crippen molar-refractivity contribution >= 4 is 33.5 Å². The molecule has 2 aromatic rings. The molecule has 0 saturated carbocycles. The van der Waals surface area contributed by atoms with Crippen LogP contribution >= 0.6 is 15.9 Å². The fourth-order valence-electron chi connectivity index (χ4n) is 2.10. The molecule has 2 aromatic carbocycles. The van der Waals surface area contributed by atoms with E-state index in [1.807, 2.05) is 37.3 Å². The van der Waals surface area contributed by atoms with E-state index in [0.29, 0.717) is 0 Å². The van der Waals surface area contributed by atoms with Crippen LogP contribution in [0.1, 0.15) is 28.9 Å². The van der Waals surface area contributed by atoms with Gasteiger partial charge in [0.25, 0.3) is 11.6 Å². The van der Waals surface area contributed by atoms with E-state index >= 15 is 0 Å². The van der Waals surface area contributed by atoms with Crippen LogP contribution in [-0.2, 0) is 9.53 Å². The average Bonchev–Trinajstić information content (AvgIpc) is 2.60. The van der Waals surface area contributed by atoms with E-state index in [1.54, 1.807) is 0 Å². The first-order valence-corrected chi connectivity index (χ1v) is 8.13. The van der Waals surface area contributed by atoms with E-state index in [4.69, 9.17) is 4.74 Å². The van der Waals surface area contributed by atoms with Gasteiger partial charge in [0.05, 0.1) is 21.0 Å². The maximum atomic E-state index is 12.0. The van der Waals surface area contributed by atoms with Crippen molar-refractivity contribution in [3.8, 4) is 0 Å². The summed E-state index contributed by atoms with van der Waals surface area (Å²) in [6.45, 7) is 1.34. The summed E-state index contributed by atoms with van der Waals surface area (Å²) in [6.07, 6.45) is 0. The molecule has 0 bridgehead atoms. The molecule has 25 heavy (non-hydrogen) atoms. The highest BCUT2D eigenvalue weighted by molar-refractivity contribution is 9.10. The highest BCUT2D eigenvalue weighted by Crippen LogP contribution is 2.25. The molecule has 0 aliphatic carbocycles. The maximum Gasteiger partial charge on any atom is 0.338 e. The van der Waals surface area contributed by atoms with Crippen molar-refractivity contribution in [1.82, 2.24) is 5.32 Å². The van der Waals surface area contributed by atoms with Gasteiger partial charge in [-0.05, 0) is 40.5 Å². The molecule has 0 aromatic heterocycles. The van der Waals surface area contributed by atoms with E-state index in [1.165, 1.54) is 12.1 Å². The Bertz CT molecular complexity index is 795. The number of hydrogen-bond acceptors (Lipinski definition) is 5. The Balaban J connectivity index is 1.92. The normalized spacial score (nSPS) is 11.4. The molecule has 7 nitrogen and oxygen atoms in total. The molecule has 0 radical (unpaired) electrons. The number of hydrogen-bond donors (Lipinski definition) is 1. The third kappa shape index (κ3) is 5.12. The minimum absolute atomic E-state index is 0.00110. The van der Waals surface area contributed by atoms with Gasteiger partial charge < -0.3 is 10.1 Å².